The molecule has 0 bridgehead atoms. The second-order valence-corrected chi connectivity index (χ2v) is 5.33. The number of likely N-dealkylation sites (N-methyl/N-ethyl adjacent to an activating group) is 1. The largest absolute Gasteiger partial charge is 0.497 e. The molecule has 0 saturated carbocycles. The van der Waals surface area contributed by atoms with Gasteiger partial charge in [0.05, 0.1) is 14.2 Å². The number of nitrogens with zero attached hydrogens (tertiary/aromatic N) is 1. The first kappa shape index (κ1) is 15.8. The Morgan fingerprint density at radius 2 is 1.84 bits per heavy atom. The molecule has 108 valence electrons. The summed E-state index contributed by atoms with van der Waals surface area (Å²) >= 11 is 0. The van der Waals surface area contributed by atoms with Gasteiger partial charge in [0.2, 0.25) is 0 Å². The summed E-state index contributed by atoms with van der Waals surface area (Å²) in [4.78, 5) is 2.25. The van der Waals surface area contributed by atoms with E-state index >= 15 is 0 Å². The van der Waals surface area contributed by atoms with Crippen LogP contribution in [-0.4, -0.2) is 39.3 Å². The number of hydrogen-bond acceptors (Lipinski definition) is 4. The molecule has 2 N–H and O–H groups in total. The molecule has 1 unspecified atom stereocenters. The number of benzene rings is 1. The lowest BCUT2D eigenvalue weighted by atomic mass is 10.1. The average molecular weight is 266 g/mol. The normalized spacial score (nSPS) is 12.8. The maximum Gasteiger partial charge on any atom is 0.127 e. The molecule has 0 heterocycles. The van der Waals surface area contributed by atoms with Gasteiger partial charge < -0.3 is 20.1 Å². The predicted molar refractivity (Wildman–Crippen MR) is 78.8 cm³/mol. The van der Waals surface area contributed by atoms with Gasteiger partial charge in [0.15, 0.2) is 0 Å². The van der Waals surface area contributed by atoms with Crippen LogP contribution in [0.5, 0.6) is 11.5 Å². The van der Waals surface area contributed by atoms with Crippen LogP contribution in [0.4, 0.5) is 0 Å². The van der Waals surface area contributed by atoms with E-state index in [-0.39, 0.29) is 6.04 Å². The van der Waals surface area contributed by atoms with Crippen molar-refractivity contribution >= 4 is 0 Å². The maximum absolute atomic E-state index is 6.28. The van der Waals surface area contributed by atoms with Crippen LogP contribution in [0.3, 0.4) is 0 Å². The summed E-state index contributed by atoms with van der Waals surface area (Å²) in [6.07, 6.45) is 0. The fourth-order valence-electron chi connectivity index (χ4n) is 2.26. The maximum atomic E-state index is 6.28. The van der Waals surface area contributed by atoms with Gasteiger partial charge >= 0.3 is 0 Å². The van der Waals surface area contributed by atoms with E-state index in [4.69, 9.17) is 15.2 Å². The van der Waals surface area contributed by atoms with E-state index in [1.54, 1.807) is 14.2 Å². The molecule has 1 aromatic rings. The zero-order valence-corrected chi connectivity index (χ0v) is 12.6. The monoisotopic (exact) mass is 266 g/mol. The van der Waals surface area contributed by atoms with Crippen LogP contribution in [0.15, 0.2) is 18.2 Å². The van der Waals surface area contributed by atoms with Crippen LogP contribution >= 0.6 is 0 Å². The highest BCUT2D eigenvalue weighted by atomic mass is 16.5. The van der Waals surface area contributed by atoms with Gasteiger partial charge in [-0.3, -0.25) is 0 Å². The fraction of sp³-hybridized carbons (Fsp3) is 0.600. The first-order chi connectivity index (χ1) is 8.97. The Balaban J connectivity index is 2.78. The van der Waals surface area contributed by atoms with E-state index < -0.39 is 0 Å². The van der Waals surface area contributed by atoms with Gasteiger partial charge in [-0.1, -0.05) is 19.9 Å². The van der Waals surface area contributed by atoms with Crippen LogP contribution in [0.2, 0.25) is 0 Å². The zero-order chi connectivity index (χ0) is 14.4. The number of hydrogen-bond donors (Lipinski definition) is 1. The summed E-state index contributed by atoms with van der Waals surface area (Å²) in [6, 6.07) is 5.70. The lowest BCUT2D eigenvalue weighted by Gasteiger charge is -2.24. The molecule has 1 atom stereocenters. The van der Waals surface area contributed by atoms with Crippen molar-refractivity contribution in [2.24, 2.45) is 11.7 Å². The Morgan fingerprint density at radius 1 is 1.16 bits per heavy atom. The van der Waals surface area contributed by atoms with Crippen LogP contribution < -0.4 is 15.2 Å². The molecule has 0 radical (unpaired) electrons. The van der Waals surface area contributed by atoms with Gasteiger partial charge in [-0.25, -0.2) is 0 Å². The molecule has 0 fully saturated rings. The minimum Gasteiger partial charge on any atom is -0.497 e. The molecule has 19 heavy (non-hydrogen) atoms. The lowest BCUT2D eigenvalue weighted by molar-refractivity contribution is 0.276. The summed E-state index contributed by atoms with van der Waals surface area (Å²) in [7, 11) is 5.39. The molecule has 0 spiro atoms. The van der Waals surface area contributed by atoms with E-state index in [2.05, 4.69) is 25.8 Å². The zero-order valence-electron chi connectivity index (χ0n) is 12.6. The smallest absolute Gasteiger partial charge is 0.127 e. The minimum atomic E-state index is -0.0652. The van der Waals surface area contributed by atoms with Gasteiger partial charge in [-0.2, -0.15) is 0 Å². The van der Waals surface area contributed by atoms with Crippen molar-refractivity contribution in [1.29, 1.82) is 0 Å². The van der Waals surface area contributed by atoms with Crippen molar-refractivity contribution in [3.05, 3.63) is 23.8 Å². The fourth-order valence-corrected chi connectivity index (χ4v) is 2.26. The molecule has 0 saturated heterocycles. The number of nitrogens with two attached hydrogens (primary N) is 1. The van der Waals surface area contributed by atoms with Gasteiger partial charge in [0.25, 0.3) is 0 Å². The highest BCUT2D eigenvalue weighted by molar-refractivity contribution is 5.42. The number of methoxy groups -OCH3 is 2. The lowest BCUT2D eigenvalue weighted by Crippen LogP contribution is -2.31. The third kappa shape index (κ3) is 4.73. The Labute approximate surface area is 116 Å². The molecule has 4 heteroatoms. The second-order valence-electron chi connectivity index (χ2n) is 5.33. The van der Waals surface area contributed by atoms with Crippen LogP contribution in [0, 0.1) is 5.92 Å². The Kier molecular flexibility index (Phi) is 6.12. The van der Waals surface area contributed by atoms with E-state index in [1.807, 2.05) is 18.2 Å². The van der Waals surface area contributed by atoms with Gasteiger partial charge in [0, 0.05) is 30.8 Å². The first-order valence-corrected chi connectivity index (χ1v) is 6.64. The van der Waals surface area contributed by atoms with Crippen molar-refractivity contribution < 1.29 is 9.47 Å². The topological polar surface area (TPSA) is 47.7 Å². The first-order valence-electron chi connectivity index (χ1n) is 6.64. The molecule has 4 nitrogen and oxygen atoms in total. The molecule has 0 aliphatic carbocycles. The highest BCUT2D eigenvalue weighted by Crippen LogP contribution is 2.28. The molecule has 1 rings (SSSR count). The standard InChI is InChI=1S/C15H26N2O2/c1-11(2)9-17(3)10-14(16)13-7-6-12(18-4)8-15(13)19-5/h6-8,11,14H,9-10,16H2,1-5H3. The van der Waals surface area contributed by atoms with Crippen LogP contribution in [0.1, 0.15) is 25.5 Å². The van der Waals surface area contributed by atoms with Crippen molar-refractivity contribution in [3.8, 4) is 11.5 Å². The SMILES string of the molecule is COc1ccc(C(N)CN(C)CC(C)C)c(OC)c1. The van der Waals surface area contributed by atoms with Gasteiger partial charge in [-0.15, -0.1) is 0 Å². The molecule has 0 aromatic heterocycles. The predicted octanol–water partition coefficient (Wildman–Crippen LogP) is 2.29. The van der Waals surface area contributed by atoms with Gasteiger partial charge in [-0.05, 0) is 19.0 Å². The molecule has 0 amide bonds. The van der Waals surface area contributed by atoms with E-state index in [9.17, 15) is 0 Å². The Bertz CT molecular complexity index is 394. The van der Waals surface area contributed by atoms with E-state index in [1.165, 1.54) is 0 Å². The van der Waals surface area contributed by atoms with E-state index in [0.717, 1.165) is 30.2 Å². The van der Waals surface area contributed by atoms with E-state index in [0.29, 0.717) is 5.92 Å². The molecule has 0 aliphatic rings. The summed E-state index contributed by atoms with van der Waals surface area (Å²) < 4.78 is 10.6. The molecular weight excluding hydrogens is 240 g/mol. The summed E-state index contributed by atoms with van der Waals surface area (Å²) in [6.45, 7) is 6.25. The second kappa shape index (κ2) is 7.36. The summed E-state index contributed by atoms with van der Waals surface area (Å²) in [5.41, 5.74) is 7.29. The highest BCUT2D eigenvalue weighted by Gasteiger charge is 2.15. The van der Waals surface area contributed by atoms with Crippen LogP contribution in [-0.2, 0) is 0 Å². The minimum absolute atomic E-state index is 0.0652. The van der Waals surface area contributed by atoms with Gasteiger partial charge in [0.1, 0.15) is 11.5 Å². The Hall–Kier alpha value is -1.26. The van der Waals surface area contributed by atoms with Crippen molar-refractivity contribution in [2.75, 3.05) is 34.4 Å². The van der Waals surface area contributed by atoms with Crippen molar-refractivity contribution in [2.45, 2.75) is 19.9 Å². The average Bonchev–Trinajstić information content (AvgIpc) is 2.36. The number of rotatable bonds is 7. The summed E-state index contributed by atoms with van der Waals surface area (Å²) in [5.74, 6) is 2.20. The molecular formula is C15H26N2O2. The Morgan fingerprint density at radius 3 is 2.37 bits per heavy atom. The van der Waals surface area contributed by atoms with Crippen molar-refractivity contribution in [3.63, 3.8) is 0 Å². The quantitative estimate of drug-likeness (QED) is 0.822. The molecule has 0 aliphatic heterocycles. The molecule has 1 aromatic carbocycles. The third-order valence-corrected chi connectivity index (χ3v) is 3.03. The third-order valence-electron chi connectivity index (χ3n) is 3.03. The van der Waals surface area contributed by atoms with Crippen molar-refractivity contribution in [1.82, 2.24) is 4.90 Å². The summed E-state index contributed by atoms with van der Waals surface area (Å²) in [5, 5.41) is 0. The number of ether oxygens (including phenoxy) is 2. The van der Waals surface area contributed by atoms with Crippen LogP contribution in [0.25, 0.3) is 0 Å².